The highest BCUT2D eigenvalue weighted by Crippen LogP contribution is 2.42. The molecule has 0 N–H and O–H groups in total. The number of fused-ring (bicyclic) bond motifs is 7. The van der Waals surface area contributed by atoms with Crippen LogP contribution in [0.4, 0.5) is 0 Å². The molecule has 0 saturated heterocycles. The van der Waals surface area contributed by atoms with Gasteiger partial charge < -0.3 is 0 Å². The van der Waals surface area contributed by atoms with Gasteiger partial charge in [0, 0.05) is 0 Å². The molecule has 0 nitrogen and oxygen atoms in total. The second kappa shape index (κ2) is 79.1. The summed E-state index contributed by atoms with van der Waals surface area (Å²) in [7, 11) is 0. The average molecular weight is 1790 g/mol. The predicted octanol–water partition coefficient (Wildman–Crippen LogP) is 45.3. The zero-order valence-corrected chi connectivity index (χ0v) is 91.0. The largest absolute Gasteiger partial charge is 0.0683 e. The Labute approximate surface area is 821 Å². The van der Waals surface area contributed by atoms with E-state index in [1.165, 1.54) is 176 Å². The number of hydrogen-bond acceptors (Lipinski definition) is 0. The lowest BCUT2D eigenvalue weighted by molar-refractivity contribution is 1.46. The van der Waals surface area contributed by atoms with E-state index >= 15 is 0 Å². The molecule has 0 heterocycles. The van der Waals surface area contributed by atoms with Gasteiger partial charge in [-0.05, 0) is 207 Å². The molecule has 714 valence electrons. The summed E-state index contributed by atoms with van der Waals surface area (Å²) >= 11 is 0. The highest BCUT2D eigenvalue weighted by molar-refractivity contribution is 6.17. The van der Waals surface area contributed by atoms with Crippen LogP contribution in [0.15, 0.2) is 388 Å². The van der Waals surface area contributed by atoms with E-state index in [1.807, 2.05) is 228 Å². The Balaban J connectivity index is -0.00000151. The van der Waals surface area contributed by atoms with Gasteiger partial charge in [-0.25, -0.2) is 0 Å². The Bertz CT molecular complexity index is 5920. The van der Waals surface area contributed by atoms with Crippen LogP contribution in [0.1, 0.15) is 255 Å². The average Bonchev–Trinajstić information content (AvgIpc) is 0.752. The van der Waals surface area contributed by atoms with Gasteiger partial charge in [0.1, 0.15) is 0 Å². The molecule has 0 bridgehead atoms. The first kappa shape index (κ1) is 126. The van der Waals surface area contributed by atoms with Crippen LogP contribution in [0, 0.1) is 41.5 Å². The van der Waals surface area contributed by atoms with Crippen LogP contribution in [-0.2, 0) is 0 Å². The maximum Gasteiger partial charge on any atom is -0.00266 e. The molecule has 0 amide bonds. The van der Waals surface area contributed by atoms with E-state index in [4.69, 9.17) is 0 Å². The van der Waals surface area contributed by atoms with Gasteiger partial charge >= 0.3 is 0 Å². The zero-order valence-electron chi connectivity index (χ0n) is 91.0. The van der Waals surface area contributed by atoms with E-state index in [0.717, 1.165) is 0 Å². The molecular formula is C134H178. The van der Waals surface area contributed by atoms with Gasteiger partial charge in [-0.2, -0.15) is 0 Å². The molecule has 0 spiro atoms. The Morgan fingerprint density at radius 2 is 0.388 bits per heavy atom. The number of hydrogen-bond donors (Lipinski definition) is 0. The molecule has 18 aromatic carbocycles. The van der Waals surface area contributed by atoms with Crippen molar-refractivity contribution in [2.45, 2.75) is 263 Å². The van der Waals surface area contributed by atoms with Gasteiger partial charge in [-0.15, -0.1) is 0 Å². The highest BCUT2D eigenvalue weighted by atomic mass is 14.2. The topological polar surface area (TPSA) is 0 Å². The predicted molar refractivity (Wildman–Crippen MR) is 625 cm³/mol. The fraction of sp³-hybridized carbons (Fsp3) is 0.284. The first-order chi connectivity index (χ1) is 66.1. The molecule has 134 heavy (non-hydrogen) atoms. The molecule has 0 aliphatic rings. The highest BCUT2D eigenvalue weighted by Gasteiger charge is 2.16. The van der Waals surface area contributed by atoms with Crippen LogP contribution in [0.3, 0.4) is 0 Å². The molecular weight excluding hydrogens is 1610 g/mol. The summed E-state index contributed by atoms with van der Waals surface area (Å²) in [6.07, 6.45) is 0. The first-order valence-electron chi connectivity index (χ1n) is 51.4. The number of rotatable bonds is 7. The molecule has 0 saturated carbocycles. The van der Waals surface area contributed by atoms with E-state index < -0.39 is 0 Å². The smallest absolute Gasteiger partial charge is 0.00266 e. The van der Waals surface area contributed by atoms with Gasteiger partial charge in [0.25, 0.3) is 0 Å². The van der Waals surface area contributed by atoms with Crippen LogP contribution in [-0.4, -0.2) is 0 Å². The third kappa shape index (κ3) is 38.6. The van der Waals surface area contributed by atoms with E-state index in [0.29, 0.717) is 0 Å². The minimum Gasteiger partial charge on any atom is -0.0683 e. The fourth-order valence-corrected chi connectivity index (χ4v) is 14.4. The molecule has 0 atom stereocenters. The van der Waals surface area contributed by atoms with Crippen molar-refractivity contribution in [3.8, 4) is 77.9 Å². The first-order valence-corrected chi connectivity index (χ1v) is 51.4. The van der Waals surface area contributed by atoms with Crippen molar-refractivity contribution in [3.05, 3.63) is 422 Å². The van der Waals surface area contributed by atoms with Gasteiger partial charge in [-0.3, -0.25) is 0 Å². The summed E-state index contributed by atoms with van der Waals surface area (Å²) in [6, 6.07) is 139. The molecule has 0 unspecified atom stereocenters. The maximum atomic E-state index is 2.34. The van der Waals surface area contributed by atoms with Crippen molar-refractivity contribution in [2.75, 3.05) is 0 Å². The Morgan fingerprint density at radius 1 is 0.119 bits per heavy atom. The van der Waals surface area contributed by atoms with Crippen molar-refractivity contribution >= 4 is 64.6 Å². The summed E-state index contributed by atoms with van der Waals surface area (Å²) in [5, 5.41) is 15.7. The summed E-state index contributed by atoms with van der Waals surface area (Å²) in [6.45, 7) is 77.0. The van der Waals surface area contributed by atoms with E-state index in [2.05, 4.69) is 424 Å². The Hall–Kier alpha value is -12.5. The Kier molecular flexibility index (Phi) is 74.2. The lowest BCUT2D eigenvalue weighted by Gasteiger charge is -2.16. The molecule has 0 aliphatic carbocycles. The summed E-state index contributed by atoms with van der Waals surface area (Å²) in [5.74, 6) is 0. The Morgan fingerprint density at radius 3 is 0.851 bits per heavy atom. The minimum absolute atomic E-state index is 1.26. The molecule has 0 radical (unpaired) electrons. The number of aryl methyl sites for hydroxylation is 6. The SMILES string of the molecule is CC.CC.CC.CC.CC.CC.CC.CC.CC.CC.CC.CC.CC.CC.CC.CC.Cc1cccc(-c2ccc3ccccc3c2)c1.Cc1cccc(-c2cccc3c(-c4ccccc4)c4ccccc4cc23)c1.Cc1cccc(-c2cccc3ccccc23)c1.Cc1cccc(-c2ccccc2)c1.Cc1ccccc1-c1ccc(-c2c(C)c3ccccc3c3ccccc23)cc1. The minimum atomic E-state index is 1.26. The van der Waals surface area contributed by atoms with Crippen LogP contribution < -0.4 is 0 Å². The monoisotopic (exact) mass is 1790 g/mol. The van der Waals surface area contributed by atoms with Crippen molar-refractivity contribution in [3.63, 3.8) is 0 Å². The molecule has 18 rings (SSSR count). The molecule has 18 aromatic rings. The molecule has 0 aliphatic heterocycles. The van der Waals surface area contributed by atoms with Crippen LogP contribution in [0.5, 0.6) is 0 Å². The van der Waals surface area contributed by atoms with E-state index in [9.17, 15) is 0 Å². The molecule has 0 heteroatoms. The standard InChI is InChI=1S/C28H22.C27H20.2C17H14.C13H12.16C2H6/c1-19-9-3-4-10-23(19)21-15-17-22(18-16-21)28-20(2)24-11-5-6-12-25(24)26-13-7-8-14-27(26)28;1-19-9-7-13-21(17-19)23-15-8-16-25-26(23)18-22-12-5-6-14-24(22)27(25)20-10-3-2-4-11-20;1-13-6-4-9-15(12-13)17-11-5-8-14-7-2-3-10-16(14)17;1-13-5-4-8-15(11-13)17-10-9-14-6-2-3-7-16(14)12-17;1-11-6-5-9-13(10-11)12-7-3-2-4-8-12;16*1-2/h3-18H,1-2H3;2-18H,1H3;2*2-12H,1H3;2-10H,1H3;16*1-2H3. The van der Waals surface area contributed by atoms with Crippen molar-refractivity contribution in [2.24, 2.45) is 0 Å². The summed E-state index contributed by atoms with van der Waals surface area (Å²) < 4.78 is 0. The van der Waals surface area contributed by atoms with Crippen molar-refractivity contribution < 1.29 is 0 Å². The van der Waals surface area contributed by atoms with Gasteiger partial charge in [0.2, 0.25) is 0 Å². The van der Waals surface area contributed by atoms with Crippen LogP contribution in [0.25, 0.3) is 143 Å². The third-order valence-corrected chi connectivity index (χ3v) is 19.5. The van der Waals surface area contributed by atoms with Crippen molar-refractivity contribution in [1.29, 1.82) is 0 Å². The molecule has 0 aromatic heterocycles. The lowest BCUT2D eigenvalue weighted by atomic mass is 9.88. The second-order valence-corrected chi connectivity index (χ2v) is 26.7. The zero-order chi connectivity index (χ0) is 102. The van der Waals surface area contributed by atoms with Crippen molar-refractivity contribution in [1.82, 2.24) is 0 Å². The van der Waals surface area contributed by atoms with Gasteiger partial charge in [0.15, 0.2) is 0 Å². The molecule has 0 fully saturated rings. The third-order valence-electron chi connectivity index (χ3n) is 19.5. The normalized spacial score (nSPS) is 8.97. The lowest BCUT2D eigenvalue weighted by Crippen LogP contribution is -1.90. The quantitative estimate of drug-likeness (QED) is 0.110. The van der Waals surface area contributed by atoms with E-state index in [-0.39, 0.29) is 0 Å². The van der Waals surface area contributed by atoms with Gasteiger partial charge in [-0.1, -0.05) is 620 Å². The van der Waals surface area contributed by atoms with Gasteiger partial charge in [0.05, 0.1) is 0 Å². The summed E-state index contributed by atoms with van der Waals surface area (Å²) in [4.78, 5) is 0. The van der Waals surface area contributed by atoms with Crippen LogP contribution in [0.2, 0.25) is 0 Å². The van der Waals surface area contributed by atoms with E-state index in [1.54, 1.807) is 0 Å². The second-order valence-electron chi connectivity index (χ2n) is 26.7. The number of benzene rings is 18. The maximum absolute atomic E-state index is 2.34. The fourth-order valence-electron chi connectivity index (χ4n) is 14.4. The summed E-state index contributed by atoms with van der Waals surface area (Å²) in [5.41, 5.74) is 25.9. The van der Waals surface area contributed by atoms with Crippen LogP contribution >= 0.6 is 0 Å².